The smallest absolute Gasteiger partial charge is 0.224 e. The number of piperidine rings is 1. The average Bonchev–Trinajstić information content (AvgIpc) is 2.60. The first-order valence-electron chi connectivity index (χ1n) is 5.44. The Balaban J connectivity index is 2.19. The van der Waals surface area contributed by atoms with Gasteiger partial charge in [-0.3, -0.25) is 4.79 Å². The molecule has 0 bridgehead atoms. The second-order valence-electron chi connectivity index (χ2n) is 4.21. The van der Waals surface area contributed by atoms with Crippen LogP contribution in [-0.4, -0.2) is 55.2 Å². The summed E-state index contributed by atoms with van der Waals surface area (Å²) < 4.78 is 25.1. The lowest BCUT2D eigenvalue weighted by Gasteiger charge is -2.34. The van der Waals surface area contributed by atoms with Crippen LogP contribution in [0, 0.1) is 5.92 Å². The van der Waals surface area contributed by atoms with Crippen LogP contribution in [0.25, 0.3) is 0 Å². The number of hydrogen-bond donors (Lipinski definition) is 2. The van der Waals surface area contributed by atoms with Crippen LogP contribution in [-0.2, 0) is 14.8 Å². The second-order valence-corrected chi connectivity index (χ2v) is 6.25. The molecule has 2 fully saturated rings. The van der Waals surface area contributed by atoms with Gasteiger partial charge in [0.1, 0.15) is 0 Å². The first kappa shape index (κ1) is 11.8. The SMILES string of the molecule is O=C1NCC2C1CCCN2S(=O)(=O)CCO. The second kappa shape index (κ2) is 4.31. The van der Waals surface area contributed by atoms with E-state index in [4.69, 9.17) is 5.11 Å². The molecule has 0 spiro atoms. The average molecular weight is 248 g/mol. The molecule has 92 valence electrons. The van der Waals surface area contributed by atoms with E-state index in [1.54, 1.807) is 0 Å². The fourth-order valence-corrected chi connectivity index (χ4v) is 4.00. The Morgan fingerprint density at radius 2 is 2.25 bits per heavy atom. The van der Waals surface area contributed by atoms with Crippen molar-refractivity contribution in [2.75, 3.05) is 25.4 Å². The number of carbonyl (C=O) groups excluding carboxylic acids is 1. The van der Waals surface area contributed by atoms with Gasteiger partial charge >= 0.3 is 0 Å². The van der Waals surface area contributed by atoms with Crippen LogP contribution in [0.3, 0.4) is 0 Å². The van der Waals surface area contributed by atoms with E-state index in [0.29, 0.717) is 19.5 Å². The lowest BCUT2D eigenvalue weighted by Crippen LogP contribution is -2.49. The van der Waals surface area contributed by atoms with E-state index < -0.39 is 10.0 Å². The zero-order valence-corrected chi connectivity index (χ0v) is 9.74. The van der Waals surface area contributed by atoms with Crippen molar-refractivity contribution in [3.8, 4) is 0 Å². The fraction of sp³-hybridized carbons (Fsp3) is 0.889. The van der Waals surface area contributed by atoms with Crippen molar-refractivity contribution in [2.24, 2.45) is 5.92 Å². The first-order valence-corrected chi connectivity index (χ1v) is 7.05. The summed E-state index contributed by atoms with van der Waals surface area (Å²) in [7, 11) is -3.42. The molecule has 0 radical (unpaired) electrons. The quantitative estimate of drug-likeness (QED) is 0.637. The molecule has 2 saturated heterocycles. The largest absolute Gasteiger partial charge is 0.395 e. The highest BCUT2D eigenvalue weighted by Crippen LogP contribution is 2.29. The highest BCUT2D eigenvalue weighted by molar-refractivity contribution is 7.89. The summed E-state index contributed by atoms with van der Waals surface area (Å²) in [5, 5.41) is 11.4. The van der Waals surface area contributed by atoms with Gasteiger partial charge in [0, 0.05) is 13.1 Å². The summed E-state index contributed by atoms with van der Waals surface area (Å²) in [6.45, 7) is 0.476. The zero-order chi connectivity index (χ0) is 11.8. The number of carbonyl (C=O) groups is 1. The third-order valence-electron chi connectivity index (χ3n) is 3.26. The zero-order valence-electron chi connectivity index (χ0n) is 8.92. The third-order valence-corrected chi connectivity index (χ3v) is 5.12. The minimum absolute atomic E-state index is 0.0473. The highest BCUT2D eigenvalue weighted by atomic mass is 32.2. The standard InChI is InChI=1S/C9H16N2O4S/c12-4-5-16(14,15)11-3-1-2-7-8(11)6-10-9(7)13/h7-8,12H,1-6H2,(H,10,13). The van der Waals surface area contributed by atoms with Crippen molar-refractivity contribution in [2.45, 2.75) is 18.9 Å². The normalized spacial score (nSPS) is 31.2. The van der Waals surface area contributed by atoms with Crippen molar-refractivity contribution in [1.29, 1.82) is 0 Å². The van der Waals surface area contributed by atoms with E-state index in [0.717, 1.165) is 6.42 Å². The maximum absolute atomic E-state index is 11.9. The molecule has 2 atom stereocenters. The molecule has 2 N–H and O–H groups in total. The van der Waals surface area contributed by atoms with Gasteiger partial charge in [0.15, 0.2) is 0 Å². The van der Waals surface area contributed by atoms with E-state index in [1.807, 2.05) is 0 Å². The van der Waals surface area contributed by atoms with E-state index in [9.17, 15) is 13.2 Å². The van der Waals surface area contributed by atoms with Gasteiger partial charge in [0.2, 0.25) is 15.9 Å². The number of aliphatic hydroxyl groups is 1. The van der Waals surface area contributed by atoms with Gasteiger partial charge in [0.25, 0.3) is 0 Å². The topological polar surface area (TPSA) is 86.7 Å². The van der Waals surface area contributed by atoms with E-state index in [-0.39, 0.29) is 30.2 Å². The molecular formula is C9H16N2O4S. The Morgan fingerprint density at radius 1 is 1.50 bits per heavy atom. The van der Waals surface area contributed by atoms with Gasteiger partial charge < -0.3 is 10.4 Å². The number of aliphatic hydroxyl groups excluding tert-OH is 1. The lowest BCUT2D eigenvalue weighted by molar-refractivity contribution is -0.123. The number of hydrogen-bond acceptors (Lipinski definition) is 4. The Morgan fingerprint density at radius 3 is 2.94 bits per heavy atom. The van der Waals surface area contributed by atoms with E-state index >= 15 is 0 Å². The van der Waals surface area contributed by atoms with Crippen LogP contribution in [0.2, 0.25) is 0 Å². The summed E-state index contributed by atoms with van der Waals surface area (Å²) in [6, 6.07) is -0.252. The first-order chi connectivity index (χ1) is 7.56. The predicted molar refractivity (Wildman–Crippen MR) is 57.1 cm³/mol. The Kier molecular flexibility index (Phi) is 3.18. The Hall–Kier alpha value is -0.660. The molecule has 2 unspecified atom stereocenters. The predicted octanol–water partition coefficient (Wildman–Crippen LogP) is -1.48. The summed E-state index contributed by atoms with van der Waals surface area (Å²) in [4.78, 5) is 11.5. The Labute approximate surface area is 94.7 Å². The van der Waals surface area contributed by atoms with E-state index in [1.165, 1.54) is 4.31 Å². The maximum Gasteiger partial charge on any atom is 0.224 e. The summed E-state index contributed by atoms with van der Waals surface area (Å²) in [6.07, 6.45) is 1.46. The monoisotopic (exact) mass is 248 g/mol. The van der Waals surface area contributed by atoms with Gasteiger partial charge in [-0.2, -0.15) is 4.31 Å². The van der Waals surface area contributed by atoms with Crippen LogP contribution in [0.1, 0.15) is 12.8 Å². The van der Waals surface area contributed by atoms with Crippen molar-refractivity contribution in [3.05, 3.63) is 0 Å². The van der Waals surface area contributed by atoms with Crippen molar-refractivity contribution >= 4 is 15.9 Å². The number of fused-ring (bicyclic) bond motifs is 1. The lowest BCUT2D eigenvalue weighted by atomic mass is 9.93. The molecule has 6 nitrogen and oxygen atoms in total. The molecule has 2 heterocycles. The van der Waals surface area contributed by atoms with Gasteiger partial charge in [-0.1, -0.05) is 0 Å². The fourth-order valence-electron chi connectivity index (χ4n) is 2.49. The summed E-state index contributed by atoms with van der Waals surface area (Å²) >= 11 is 0. The highest BCUT2D eigenvalue weighted by Gasteiger charge is 2.44. The molecule has 0 saturated carbocycles. The van der Waals surface area contributed by atoms with Crippen molar-refractivity contribution in [1.82, 2.24) is 9.62 Å². The van der Waals surface area contributed by atoms with Crippen LogP contribution in [0.5, 0.6) is 0 Å². The number of rotatable bonds is 3. The van der Waals surface area contributed by atoms with Gasteiger partial charge in [-0.25, -0.2) is 8.42 Å². The molecule has 1 amide bonds. The molecule has 2 aliphatic heterocycles. The number of sulfonamides is 1. The molecule has 0 aromatic heterocycles. The minimum Gasteiger partial charge on any atom is -0.395 e. The molecule has 0 aromatic carbocycles. The van der Waals surface area contributed by atoms with Crippen LogP contribution in [0.15, 0.2) is 0 Å². The molecule has 2 aliphatic rings. The van der Waals surface area contributed by atoms with Crippen LogP contribution < -0.4 is 5.32 Å². The van der Waals surface area contributed by atoms with Crippen LogP contribution >= 0.6 is 0 Å². The van der Waals surface area contributed by atoms with Crippen molar-refractivity contribution in [3.63, 3.8) is 0 Å². The molecular weight excluding hydrogens is 232 g/mol. The third kappa shape index (κ3) is 1.94. The molecule has 2 rings (SSSR count). The minimum atomic E-state index is -3.42. The van der Waals surface area contributed by atoms with Gasteiger partial charge in [0.05, 0.1) is 24.3 Å². The molecule has 7 heteroatoms. The van der Waals surface area contributed by atoms with E-state index in [2.05, 4.69) is 5.32 Å². The number of nitrogens with zero attached hydrogens (tertiary/aromatic N) is 1. The summed E-state index contributed by atoms with van der Waals surface area (Å²) in [5.74, 6) is -0.513. The molecule has 0 aromatic rings. The van der Waals surface area contributed by atoms with Gasteiger partial charge in [-0.15, -0.1) is 0 Å². The Bertz CT molecular complexity index is 381. The van der Waals surface area contributed by atoms with Crippen LogP contribution in [0.4, 0.5) is 0 Å². The number of nitrogens with one attached hydrogen (secondary N) is 1. The maximum atomic E-state index is 11.9. The summed E-state index contributed by atoms with van der Waals surface area (Å²) in [5.41, 5.74) is 0. The molecule has 16 heavy (non-hydrogen) atoms. The molecule has 0 aliphatic carbocycles. The number of amides is 1. The van der Waals surface area contributed by atoms with Crippen molar-refractivity contribution < 1.29 is 18.3 Å². The van der Waals surface area contributed by atoms with Gasteiger partial charge in [-0.05, 0) is 12.8 Å².